The van der Waals surface area contributed by atoms with E-state index in [0.717, 1.165) is 25.7 Å². The minimum absolute atomic E-state index is 0.0743. The summed E-state index contributed by atoms with van der Waals surface area (Å²) in [6.45, 7) is 0.573. The van der Waals surface area contributed by atoms with Gasteiger partial charge in [-0.3, -0.25) is 14.9 Å². The number of hydrogen-bond donors (Lipinski definition) is 1. The lowest BCUT2D eigenvalue weighted by Gasteiger charge is -2.05. The van der Waals surface area contributed by atoms with Gasteiger partial charge in [0.2, 0.25) is 0 Å². The molecule has 6 heteroatoms. The van der Waals surface area contributed by atoms with Gasteiger partial charge in [-0.05, 0) is 18.9 Å². The fourth-order valence-corrected chi connectivity index (χ4v) is 1.83. The molecule has 5 nitrogen and oxygen atoms in total. The Bertz CT molecular complexity index is 438. The van der Waals surface area contributed by atoms with Gasteiger partial charge in [-0.15, -0.1) is 11.6 Å². The Morgan fingerprint density at radius 1 is 1.26 bits per heavy atom. The fraction of sp³-hybridized carbons (Fsp3) is 0.462. The van der Waals surface area contributed by atoms with Gasteiger partial charge in [0.05, 0.1) is 4.92 Å². The number of unbranched alkanes of at least 4 members (excludes halogenated alkanes) is 3. The number of carbonyl (C=O) groups is 1. The van der Waals surface area contributed by atoms with Crippen LogP contribution in [0.3, 0.4) is 0 Å². The van der Waals surface area contributed by atoms with Crippen molar-refractivity contribution in [3.63, 3.8) is 0 Å². The molecule has 0 unspecified atom stereocenters. The summed E-state index contributed by atoms with van der Waals surface area (Å²) in [5.74, 6) is 0.390. The van der Waals surface area contributed by atoms with E-state index in [2.05, 4.69) is 5.32 Å². The Kier molecular flexibility index (Phi) is 6.89. The van der Waals surface area contributed by atoms with Gasteiger partial charge >= 0.3 is 0 Å². The molecule has 1 amide bonds. The number of non-ortho nitro benzene ring substituents is 1. The Morgan fingerprint density at radius 2 is 2.00 bits per heavy atom. The van der Waals surface area contributed by atoms with Crippen LogP contribution in [0.15, 0.2) is 24.3 Å². The maximum atomic E-state index is 11.8. The minimum atomic E-state index is -0.511. The number of halogens is 1. The van der Waals surface area contributed by atoms with Crippen molar-refractivity contribution < 1.29 is 9.72 Å². The Morgan fingerprint density at radius 3 is 2.68 bits per heavy atom. The number of rotatable bonds is 8. The van der Waals surface area contributed by atoms with Gasteiger partial charge in [0, 0.05) is 30.1 Å². The van der Waals surface area contributed by atoms with Gasteiger partial charge in [-0.1, -0.05) is 18.9 Å². The molecule has 0 atom stereocenters. The summed E-state index contributed by atoms with van der Waals surface area (Å²) in [5.41, 5.74) is 0.240. The highest BCUT2D eigenvalue weighted by Gasteiger charge is 2.10. The van der Waals surface area contributed by atoms with Crippen LogP contribution in [0.4, 0.5) is 5.69 Å². The van der Waals surface area contributed by atoms with Crippen LogP contribution in [0, 0.1) is 10.1 Å². The molecule has 0 radical (unpaired) electrons. The number of nitrogens with zero attached hydrogens (tertiary/aromatic N) is 1. The molecule has 0 aromatic heterocycles. The third kappa shape index (κ3) is 5.70. The average Bonchev–Trinajstić information content (AvgIpc) is 2.42. The van der Waals surface area contributed by atoms with Crippen LogP contribution in [0.25, 0.3) is 0 Å². The maximum absolute atomic E-state index is 11.8. The first-order valence-corrected chi connectivity index (χ1v) is 6.77. The molecular formula is C13H17ClN2O3. The number of alkyl halides is 1. The minimum Gasteiger partial charge on any atom is -0.352 e. The van der Waals surface area contributed by atoms with E-state index in [1.807, 2.05) is 0 Å². The molecule has 0 fully saturated rings. The highest BCUT2D eigenvalue weighted by Crippen LogP contribution is 2.12. The second-order valence-electron chi connectivity index (χ2n) is 4.17. The molecule has 0 aliphatic heterocycles. The molecule has 1 aromatic rings. The molecular weight excluding hydrogens is 268 g/mol. The van der Waals surface area contributed by atoms with E-state index in [-0.39, 0.29) is 11.6 Å². The summed E-state index contributed by atoms with van der Waals surface area (Å²) in [4.78, 5) is 21.8. The number of nitro benzene ring substituents is 1. The van der Waals surface area contributed by atoms with Crippen LogP contribution in [0.2, 0.25) is 0 Å². The highest BCUT2D eigenvalue weighted by molar-refractivity contribution is 6.17. The second-order valence-corrected chi connectivity index (χ2v) is 4.54. The first kappa shape index (κ1) is 15.4. The number of nitro groups is 1. The zero-order valence-electron chi connectivity index (χ0n) is 10.6. The third-order valence-corrected chi connectivity index (χ3v) is 2.93. The summed E-state index contributed by atoms with van der Waals surface area (Å²) in [6.07, 6.45) is 3.94. The van der Waals surface area contributed by atoms with Crippen LogP contribution in [-0.2, 0) is 0 Å². The van der Waals surface area contributed by atoms with E-state index < -0.39 is 4.92 Å². The molecule has 0 bridgehead atoms. The molecule has 0 aliphatic rings. The van der Waals surface area contributed by atoms with Crippen molar-refractivity contribution in [1.29, 1.82) is 0 Å². The molecule has 19 heavy (non-hydrogen) atoms. The fourth-order valence-electron chi connectivity index (χ4n) is 1.64. The van der Waals surface area contributed by atoms with E-state index in [0.29, 0.717) is 18.0 Å². The molecule has 0 heterocycles. The Labute approximate surface area is 117 Å². The second kappa shape index (κ2) is 8.48. The summed E-state index contributed by atoms with van der Waals surface area (Å²) in [7, 11) is 0. The number of amides is 1. The Hall–Kier alpha value is -1.62. The predicted octanol–water partition coefficient (Wildman–Crippen LogP) is 3.12. The number of carbonyl (C=O) groups excluding carboxylic acids is 1. The molecule has 104 valence electrons. The number of hydrogen-bond acceptors (Lipinski definition) is 3. The first-order valence-electron chi connectivity index (χ1n) is 6.24. The molecule has 0 saturated carbocycles. The summed E-state index contributed by atoms with van der Waals surface area (Å²) in [5, 5.41) is 13.3. The zero-order chi connectivity index (χ0) is 14.1. The van der Waals surface area contributed by atoms with Gasteiger partial charge in [-0.2, -0.15) is 0 Å². The van der Waals surface area contributed by atoms with Gasteiger partial charge in [-0.25, -0.2) is 0 Å². The molecule has 0 saturated heterocycles. The van der Waals surface area contributed by atoms with E-state index in [9.17, 15) is 14.9 Å². The van der Waals surface area contributed by atoms with Crippen LogP contribution in [0.5, 0.6) is 0 Å². The third-order valence-electron chi connectivity index (χ3n) is 2.67. The smallest absolute Gasteiger partial charge is 0.270 e. The SMILES string of the molecule is O=C(NCCCCCCCl)c1cccc([N+](=O)[O-])c1. The summed E-state index contributed by atoms with van der Waals surface area (Å²) >= 11 is 5.56. The molecule has 0 aliphatic carbocycles. The molecule has 1 aromatic carbocycles. The highest BCUT2D eigenvalue weighted by atomic mass is 35.5. The van der Waals surface area contributed by atoms with Crippen molar-refractivity contribution in [3.8, 4) is 0 Å². The standard InChI is InChI=1S/C13H17ClN2O3/c14-8-3-1-2-4-9-15-13(17)11-6-5-7-12(10-11)16(18)19/h5-7,10H,1-4,8-9H2,(H,15,17). The van der Waals surface area contributed by atoms with Crippen molar-refractivity contribution in [1.82, 2.24) is 5.32 Å². The van der Waals surface area contributed by atoms with E-state index in [4.69, 9.17) is 11.6 Å². The van der Waals surface area contributed by atoms with Crippen LogP contribution >= 0.6 is 11.6 Å². The van der Waals surface area contributed by atoms with Crippen LogP contribution in [-0.4, -0.2) is 23.3 Å². The largest absolute Gasteiger partial charge is 0.352 e. The normalized spacial score (nSPS) is 10.2. The van der Waals surface area contributed by atoms with E-state index in [1.54, 1.807) is 6.07 Å². The van der Waals surface area contributed by atoms with E-state index in [1.165, 1.54) is 18.2 Å². The first-order chi connectivity index (χ1) is 9.15. The lowest BCUT2D eigenvalue weighted by Crippen LogP contribution is -2.24. The van der Waals surface area contributed by atoms with Gasteiger partial charge in [0.1, 0.15) is 0 Å². The van der Waals surface area contributed by atoms with Crippen molar-refractivity contribution in [2.45, 2.75) is 25.7 Å². The van der Waals surface area contributed by atoms with Crippen LogP contribution in [0.1, 0.15) is 36.0 Å². The predicted molar refractivity (Wildman–Crippen MR) is 74.6 cm³/mol. The topological polar surface area (TPSA) is 72.2 Å². The van der Waals surface area contributed by atoms with Crippen molar-refractivity contribution in [2.75, 3.05) is 12.4 Å². The van der Waals surface area contributed by atoms with Gasteiger partial charge in [0.25, 0.3) is 11.6 Å². The lowest BCUT2D eigenvalue weighted by atomic mass is 10.1. The maximum Gasteiger partial charge on any atom is 0.270 e. The summed E-state index contributed by atoms with van der Waals surface area (Å²) < 4.78 is 0. The summed E-state index contributed by atoms with van der Waals surface area (Å²) in [6, 6.07) is 5.72. The monoisotopic (exact) mass is 284 g/mol. The van der Waals surface area contributed by atoms with Gasteiger partial charge in [0.15, 0.2) is 0 Å². The zero-order valence-corrected chi connectivity index (χ0v) is 11.4. The quantitative estimate of drug-likeness (QED) is 0.345. The van der Waals surface area contributed by atoms with Gasteiger partial charge < -0.3 is 5.32 Å². The van der Waals surface area contributed by atoms with E-state index >= 15 is 0 Å². The van der Waals surface area contributed by atoms with Crippen molar-refractivity contribution in [3.05, 3.63) is 39.9 Å². The number of benzene rings is 1. The molecule has 1 rings (SSSR count). The molecule has 0 spiro atoms. The van der Waals surface area contributed by atoms with Crippen LogP contribution < -0.4 is 5.32 Å². The Balaban J connectivity index is 2.37. The van der Waals surface area contributed by atoms with Crippen molar-refractivity contribution >= 4 is 23.2 Å². The number of nitrogens with one attached hydrogen (secondary N) is 1. The average molecular weight is 285 g/mol. The van der Waals surface area contributed by atoms with Crippen molar-refractivity contribution in [2.24, 2.45) is 0 Å². The lowest BCUT2D eigenvalue weighted by molar-refractivity contribution is -0.384. The molecule has 1 N–H and O–H groups in total.